The van der Waals surface area contributed by atoms with Crippen LogP contribution in [0, 0.1) is 13.8 Å². The van der Waals surface area contributed by atoms with Gasteiger partial charge in [0.2, 0.25) is 0 Å². The summed E-state index contributed by atoms with van der Waals surface area (Å²) < 4.78 is 5.53. The van der Waals surface area contributed by atoms with E-state index in [0.717, 1.165) is 11.4 Å². The molecule has 18 heavy (non-hydrogen) atoms. The van der Waals surface area contributed by atoms with Crippen LogP contribution in [-0.2, 0) is 0 Å². The zero-order valence-electron chi connectivity index (χ0n) is 9.67. The van der Waals surface area contributed by atoms with Gasteiger partial charge in [-0.3, -0.25) is 0 Å². The maximum absolute atomic E-state index is 5.99. The summed E-state index contributed by atoms with van der Waals surface area (Å²) in [7, 11) is 0. The van der Waals surface area contributed by atoms with Crippen molar-refractivity contribution in [1.29, 1.82) is 0 Å². The molecule has 0 atom stereocenters. The first-order chi connectivity index (χ1) is 8.47. The predicted molar refractivity (Wildman–Crippen MR) is 73.1 cm³/mol. The number of hydrogen-bond acceptors (Lipinski definition) is 3. The van der Waals surface area contributed by atoms with Crippen molar-refractivity contribution in [2.24, 2.45) is 0 Å². The number of benzene rings is 1. The molecule has 0 spiro atoms. The van der Waals surface area contributed by atoms with Gasteiger partial charge in [-0.1, -0.05) is 34.8 Å². The number of rotatable bonds is 2. The fourth-order valence-electron chi connectivity index (χ4n) is 1.28. The lowest BCUT2D eigenvalue weighted by molar-refractivity contribution is 0.458. The molecule has 1 heterocycles. The van der Waals surface area contributed by atoms with E-state index >= 15 is 0 Å². The highest BCUT2D eigenvalue weighted by Crippen LogP contribution is 2.33. The molecule has 0 aliphatic carbocycles. The Morgan fingerprint density at radius 2 is 1.67 bits per heavy atom. The molecule has 0 unspecified atom stereocenters. The van der Waals surface area contributed by atoms with Crippen LogP contribution in [0.2, 0.25) is 15.2 Å². The normalized spacial score (nSPS) is 10.5. The Morgan fingerprint density at radius 3 is 2.39 bits per heavy atom. The molecule has 0 aliphatic heterocycles. The van der Waals surface area contributed by atoms with E-state index in [0.29, 0.717) is 15.8 Å². The van der Waals surface area contributed by atoms with E-state index in [-0.39, 0.29) is 11.0 Å². The summed E-state index contributed by atoms with van der Waals surface area (Å²) in [6.45, 7) is 3.65. The molecule has 0 amide bonds. The minimum Gasteiger partial charge on any atom is -0.435 e. The molecular weight excluding hydrogens is 295 g/mol. The first-order valence-electron chi connectivity index (χ1n) is 5.11. The highest BCUT2D eigenvalue weighted by atomic mass is 35.5. The summed E-state index contributed by atoms with van der Waals surface area (Å²) in [6.07, 6.45) is 0. The van der Waals surface area contributed by atoms with Crippen molar-refractivity contribution in [2.75, 3.05) is 0 Å². The van der Waals surface area contributed by atoms with Gasteiger partial charge in [0, 0.05) is 11.1 Å². The molecule has 94 valence electrons. The topological polar surface area (TPSA) is 35.0 Å². The first-order valence-corrected chi connectivity index (χ1v) is 6.24. The zero-order valence-corrected chi connectivity index (χ0v) is 11.9. The van der Waals surface area contributed by atoms with Gasteiger partial charge in [0.05, 0.1) is 16.4 Å². The minimum absolute atomic E-state index is 0.189. The van der Waals surface area contributed by atoms with Crippen molar-refractivity contribution in [3.8, 4) is 11.6 Å². The third kappa shape index (κ3) is 2.86. The fraction of sp³-hybridized carbons (Fsp3) is 0.167. The van der Waals surface area contributed by atoms with Gasteiger partial charge < -0.3 is 4.74 Å². The van der Waals surface area contributed by atoms with Crippen molar-refractivity contribution >= 4 is 34.8 Å². The summed E-state index contributed by atoms with van der Waals surface area (Å²) in [5.74, 6) is 0.604. The van der Waals surface area contributed by atoms with Crippen molar-refractivity contribution in [1.82, 2.24) is 9.97 Å². The fourth-order valence-corrected chi connectivity index (χ4v) is 1.81. The molecular formula is C12H9Cl3N2O. The van der Waals surface area contributed by atoms with E-state index in [9.17, 15) is 0 Å². The number of hydrogen-bond donors (Lipinski definition) is 0. The van der Waals surface area contributed by atoms with Gasteiger partial charge in [-0.05, 0) is 26.0 Å². The molecule has 0 N–H and O–H groups in total. The van der Waals surface area contributed by atoms with E-state index in [1.54, 1.807) is 18.2 Å². The first kappa shape index (κ1) is 13.4. The van der Waals surface area contributed by atoms with Crippen LogP contribution >= 0.6 is 34.8 Å². The van der Waals surface area contributed by atoms with Crippen LogP contribution in [0.25, 0.3) is 0 Å². The van der Waals surface area contributed by atoms with Gasteiger partial charge in [0.1, 0.15) is 5.75 Å². The standard InChI is InChI=1S/C12H9Cl3N2O/c1-6-7(2)17-12(11(15)16-6)18-10-5-8(13)3-4-9(10)14/h3-5H,1-2H3. The van der Waals surface area contributed by atoms with Crippen LogP contribution < -0.4 is 4.74 Å². The zero-order chi connectivity index (χ0) is 13.3. The summed E-state index contributed by atoms with van der Waals surface area (Å²) in [4.78, 5) is 8.34. The van der Waals surface area contributed by atoms with Gasteiger partial charge in [-0.25, -0.2) is 9.97 Å². The molecule has 1 aromatic heterocycles. The third-order valence-electron chi connectivity index (χ3n) is 2.34. The maximum Gasteiger partial charge on any atom is 0.257 e. The summed E-state index contributed by atoms with van der Waals surface area (Å²) >= 11 is 17.8. The molecule has 1 aromatic carbocycles. The second-order valence-corrected chi connectivity index (χ2v) is 4.87. The smallest absolute Gasteiger partial charge is 0.257 e. The SMILES string of the molecule is Cc1nc(Cl)c(Oc2cc(Cl)ccc2Cl)nc1C. The van der Waals surface area contributed by atoms with Crippen LogP contribution in [0.3, 0.4) is 0 Å². The van der Waals surface area contributed by atoms with Crippen LogP contribution in [-0.4, -0.2) is 9.97 Å². The second-order valence-electron chi connectivity index (χ2n) is 3.67. The van der Waals surface area contributed by atoms with E-state index in [2.05, 4.69) is 9.97 Å². The molecule has 0 saturated heterocycles. The van der Waals surface area contributed by atoms with Crippen molar-refractivity contribution in [3.63, 3.8) is 0 Å². The van der Waals surface area contributed by atoms with Gasteiger partial charge in [0.15, 0.2) is 5.15 Å². The Morgan fingerprint density at radius 1 is 1.00 bits per heavy atom. The Bertz CT molecular complexity index is 602. The highest BCUT2D eigenvalue weighted by molar-refractivity contribution is 6.34. The summed E-state index contributed by atoms with van der Waals surface area (Å²) in [5.41, 5.74) is 1.50. The number of aryl methyl sites for hydroxylation is 2. The molecule has 0 radical (unpaired) electrons. The number of halogens is 3. The second kappa shape index (κ2) is 5.31. The van der Waals surface area contributed by atoms with Crippen molar-refractivity contribution in [3.05, 3.63) is 44.8 Å². The summed E-state index contributed by atoms with van der Waals surface area (Å²) in [6, 6.07) is 4.91. The van der Waals surface area contributed by atoms with Gasteiger partial charge in [-0.2, -0.15) is 0 Å². The summed E-state index contributed by atoms with van der Waals surface area (Å²) in [5, 5.41) is 1.13. The highest BCUT2D eigenvalue weighted by Gasteiger charge is 2.11. The molecule has 2 rings (SSSR count). The van der Waals surface area contributed by atoms with Crippen LogP contribution in [0.5, 0.6) is 11.6 Å². The van der Waals surface area contributed by atoms with Gasteiger partial charge in [-0.15, -0.1) is 0 Å². The molecule has 2 aromatic rings. The van der Waals surface area contributed by atoms with Crippen LogP contribution in [0.4, 0.5) is 0 Å². The Kier molecular flexibility index (Phi) is 3.95. The molecule has 3 nitrogen and oxygen atoms in total. The number of nitrogens with zero attached hydrogens (tertiary/aromatic N) is 2. The van der Waals surface area contributed by atoms with Crippen LogP contribution in [0.1, 0.15) is 11.4 Å². The minimum atomic E-state index is 0.189. The molecule has 6 heteroatoms. The van der Waals surface area contributed by atoms with E-state index < -0.39 is 0 Å². The average molecular weight is 304 g/mol. The lowest BCUT2D eigenvalue weighted by Crippen LogP contribution is -1.97. The molecule has 0 saturated carbocycles. The number of ether oxygens (including phenoxy) is 1. The monoisotopic (exact) mass is 302 g/mol. The van der Waals surface area contributed by atoms with Crippen molar-refractivity contribution in [2.45, 2.75) is 13.8 Å². The Balaban J connectivity index is 2.40. The lowest BCUT2D eigenvalue weighted by Gasteiger charge is -2.09. The van der Waals surface area contributed by atoms with E-state index in [1.165, 1.54) is 0 Å². The lowest BCUT2D eigenvalue weighted by atomic mass is 10.3. The predicted octanol–water partition coefficient (Wildman–Crippen LogP) is 4.85. The quantitative estimate of drug-likeness (QED) is 0.795. The largest absolute Gasteiger partial charge is 0.435 e. The van der Waals surface area contributed by atoms with Gasteiger partial charge >= 0.3 is 0 Å². The third-order valence-corrected chi connectivity index (χ3v) is 3.13. The molecule has 0 bridgehead atoms. The Labute approximate surface area is 120 Å². The average Bonchev–Trinajstić information content (AvgIpc) is 2.30. The number of aromatic nitrogens is 2. The van der Waals surface area contributed by atoms with Crippen LogP contribution in [0.15, 0.2) is 18.2 Å². The molecule has 0 aliphatic rings. The van der Waals surface area contributed by atoms with Gasteiger partial charge in [0.25, 0.3) is 5.88 Å². The van der Waals surface area contributed by atoms with Crippen molar-refractivity contribution < 1.29 is 4.74 Å². The Hall–Kier alpha value is -1.03. The maximum atomic E-state index is 5.99. The van der Waals surface area contributed by atoms with E-state index in [1.807, 2.05) is 13.8 Å². The van der Waals surface area contributed by atoms with E-state index in [4.69, 9.17) is 39.5 Å². The molecule has 0 fully saturated rings.